The van der Waals surface area contributed by atoms with Gasteiger partial charge in [0.1, 0.15) is 0 Å². The molecule has 1 amide bonds. The summed E-state index contributed by atoms with van der Waals surface area (Å²) in [6.07, 6.45) is 7.59. The third-order valence-corrected chi connectivity index (χ3v) is 3.60. The first-order valence-electron chi connectivity index (χ1n) is 6.61. The zero-order valence-electron chi connectivity index (χ0n) is 10.4. The fourth-order valence-electron chi connectivity index (χ4n) is 2.37. The van der Waals surface area contributed by atoms with E-state index in [9.17, 15) is 4.79 Å². The zero-order chi connectivity index (χ0) is 11.8. The molecule has 0 N–H and O–H groups in total. The maximum Gasteiger partial charge on any atom is 0.222 e. The molecule has 0 spiro atoms. The van der Waals surface area contributed by atoms with E-state index < -0.39 is 0 Å². The molecule has 0 radical (unpaired) electrons. The third-order valence-electron chi connectivity index (χ3n) is 3.38. The average Bonchev–Trinajstić information content (AvgIpc) is 2.30. The predicted molar refractivity (Wildman–Crippen MR) is 68.8 cm³/mol. The number of amides is 1. The van der Waals surface area contributed by atoms with E-state index in [1.807, 2.05) is 0 Å². The number of alkyl halides is 1. The summed E-state index contributed by atoms with van der Waals surface area (Å²) < 4.78 is 0. The van der Waals surface area contributed by atoms with Crippen molar-refractivity contribution < 1.29 is 4.79 Å². The van der Waals surface area contributed by atoms with Gasteiger partial charge in [-0.1, -0.05) is 19.8 Å². The highest BCUT2D eigenvalue weighted by molar-refractivity contribution is 6.17. The summed E-state index contributed by atoms with van der Waals surface area (Å²) in [5, 5.41) is 0. The minimum Gasteiger partial charge on any atom is -0.342 e. The summed E-state index contributed by atoms with van der Waals surface area (Å²) in [6, 6.07) is 0. The van der Waals surface area contributed by atoms with Crippen LogP contribution in [0.15, 0.2) is 0 Å². The number of carbonyl (C=O) groups excluding carboxylic acids is 1. The minimum atomic E-state index is 0.354. The van der Waals surface area contributed by atoms with Crippen LogP contribution in [0.1, 0.15) is 51.9 Å². The van der Waals surface area contributed by atoms with Crippen molar-refractivity contribution in [3.05, 3.63) is 0 Å². The molecule has 0 aliphatic carbocycles. The normalized spacial score (nSPS) is 21.1. The highest BCUT2D eigenvalue weighted by Crippen LogP contribution is 2.21. The summed E-state index contributed by atoms with van der Waals surface area (Å²) in [6.45, 7) is 4.07. The standard InChI is InChI=1S/C13H24ClNO/c1-2-3-4-7-13(16)15-10-5-6-12(11-15)8-9-14/h12H,2-11H2,1H3. The van der Waals surface area contributed by atoms with Crippen molar-refractivity contribution in [1.82, 2.24) is 4.90 Å². The van der Waals surface area contributed by atoms with Gasteiger partial charge in [-0.05, 0) is 31.6 Å². The van der Waals surface area contributed by atoms with Gasteiger partial charge < -0.3 is 4.90 Å². The van der Waals surface area contributed by atoms with Crippen molar-refractivity contribution in [2.24, 2.45) is 5.92 Å². The quantitative estimate of drug-likeness (QED) is 0.519. The van der Waals surface area contributed by atoms with E-state index >= 15 is 0 Å². The Morgan fingerprint density at radius 2 is 2.25 bits per heavy atom. The highest BCUT2D eigenvalue weighted by atomic mass is 35.5. The lowest BCUT2D eigenvalue weighted by Crippen LogP contribution is -2.39. The number of carbonyl (C=O) groups is 1. The highest BCUT2D eigenvalue weighted by Gasteiger charge is 2.22. The molecule has 1 fully saturated rings. The first-order chi connectivity index (χ1) is 7.77. The van der Waals surface area contributed by atoms with Crippen LogP contribution in [0.25, 0.3) is 0 Å². The first kappa shape index (κ1) is 13.8. The summed E-state index contributed by atoms with van der Waals surface area (Å²) in [5.41, 5.74) is 0. The average molecular weight is 246 g/mol. The summed E-state index contributed by atoms with van der Waals surface area (Å²) in [4.78, 5) is 14.0. The molecule has 0 bridgehead atoms. The molecular weight excluding hydrogens is 222 g/mol. The van der Waals surface area contributed by atoms with E-state index in [2.05, 4.69) is 11.8 Å². The van der Waals surface area contributed by atoms with Crippen molar-refractivity contribution in [2.75, 3.05) is 19.0 Å². The largest absolute Gasteiger partial charge is 0.342 e. The lowest BCUT2D eigenvalue weighted by molar-refractivity contribution is -0.133. The number of piperidine rings is 1. The molecule has 1 heterocycles. The van der Waals surface area contributed by atoms with Crippen LogP contribution in [0.3, 0.4) is 0 Å². The predicted octanol–water partition coefficient (Wildman–Crippen LogP) is 3.43. The maximum atomic E-state index is 11.9. The second-order valence-corrected chi connectivity index (χ2v) is 5.16. The Balaban J connectivity index is 2.26. The number of likely N-dealkylation sites (tertiary alicyclic amines) is 1. The van der Waals surface area contributed by atoms with Crippen LogP contribution < -0.4 is 0 Å². The third kappa shape index (κ3) is 4.73. The van der Waals surface area contributed by atoms with Crippen molar-refractivity contribution >= 4 is 17.5 Å². The van der Waals surface area contributed by atoms with Crippen LogP contribution in [0.4, 0.5) is 0 Å². The van der Waals surface area contributed by atoms with Crippen LogP contribution in [0.5, 0.6) is 0 Å². The molecule has 16 heavy (non-hydrogen) atoms. The lowest BCUT2D eigenvalue weighted by Gasteiger charge is -2.32. The summed E-state index contributed by atoms with van der Waals surface area (Å²) >= 11 is 5.76. The molecule has 1 aliphatic heterocycles. The summed E-state index contributed by atoms with van der Waals surface area (Å²) in [7, 11) is 0. The molecule has 1 unspecified atom stereocenters. The maximum absolute atomic E-state index is 11.9. The van der Waals surface area contributed by atoms with Crippen LogP contribution in [-0.2, 0) is 4.79 Å². The van der Waals surface area contributed by atoms with Crippen LogP contribution in [0.2, 0.25) is 0 Å². The minimum absolute atomic E-state index is 0.354. The molecule has 0 saturated carbocycles. The number of rotatable bonds is 6. The van der Waals surface area contributed by atoms with Crippen LogP contribution in [-0.4, -0.2) is 29.8 Å². The Morgan fingerprint density at radius 3 is 2.94 bits per heavy atom. The van der Waals surface area contributed by atoms with Gasteiger partial charge in [-0.2, -0.15) is 0 Å². The zero-order valence-corrected chi connectivity index (χ0v) is 11.1. The van der Waals surface area contributed by atoms with E-state index in [0.29, 0.717) is 11.8 Å². The molecule has 0 aromatic carbocycles. The van der Waals surface area contributed by atoms with Gasteiger partial charge in [0.15, 0.2) is 0 Å². The van der Waals surface area contributed by atoms with Gasteiger partial charge in [0.25, 0.3) is 0 Å². The molecule has 94 valence electrons. The molecule has 1 saturated heterocycles. The fourth-order valence-corrected chi connectivity index (χ4v) is 2.67. The Hall–Kier alpha value is -0.240. The number of unbranched alkanes of at least 4 members (excludes halogenated alkanes) is 2. The van der Waals surface area contributed by atoms with Gasteiger partial charge in [0, 0.05) is 25.4 Å². The molecule has 3 heteroatoms. The number of nitrogens with zero attached hydrogens (tertiary/aromatic N) is 1. The molecule has 1 atom stereocenters. The first-order valence-corrected chi connectivity index (χ1v) is 7.15. The molecular formula is C13H24ClNO. The Morgan fingerprint density at radius 1 is 1.44 bits per heavy atom. The van der Waals surface area contributed by atoms with Gasteiger partial charge in [0.2, 0.25) is 5.91 Å². The second-order valence-electron chi connectivity index (χ2n) is 4.78. The molecule has 1 rings (SSSR count). The van der Waals surface area contributed by atoms with E-state index in [1.165, 1.54) is 19.3 Å². The van der Waals surface area contributed by atoms with Crippen molar-refractivity contribution in [2.45, 2.75) is 51.9 Å². The van der Waals surface area contributed by atoms with Crippen LogP contribution >= 0.6 is 11.6 Å². The molecule has 0 aromatic rings. The Labute approximate surface area is 104 Å². The smallest absolute Gasteiger partial charge is 0.222 e. The van der Waals surface area contributed by atoms with Crippen molar-refractivity contribution in [1.29, 1.82) is 0 Å². The van der Waals surface area contributed by atoms with Crippen molar-refractivity contribution in [3.8, 4) is 0 Å². The topological polar surface area (TPSA) is 20.3 Å². The van der Waals surface area contributed by atoms with E-state index in [0.717, 1.165) is 44.7 Å². The Kier molecular flexibility index (Phi) is 6.86. The monoisotopic (exact) mass is 245 g/mol. The second kappa shape index (κ2) is 7.94. The fraction of sp³-hybridized carbons (Fsp3) is 0.923. The SMILES string of the molecule is CCCCCC(=O)N1CCCC(CCCl)C1. The summed E-state index contributed by atoms with van der Waals surface area (Å²) in [5.74, 6) is 1.72. The lowest BCUT2D eigenvalue weighted by atomic mass is 9.95. The van der Waals surface area contributed by atoms with Gasteiger partial charge in [-0.3, -0.25) is 4.79 Å². The van der Waals surface area contributed by atoms with Gasteiger partial charge >= 0.3 is 0 Å². The number of hydrogen-bond donors (Lipinski definition) is 0. The number of hydrogen-bond acceptors (Lipinski definition) is 1. The van der Waals surface area contributed by atoms with Crippen molar-refractivity contribution in [3.63, 3.8) is 0 Å². The van der Waals surface area contributed by atoms with Gasteiger partial charge in [0.05, 0.1) is 0 Å². The Bertz CT molecular complexity index is 206. The van der Waals surface area contributed by atoms with E-state index in [-0.39, 0.29) is 0 Å². The van der Waals surface area contributed by atoms with Gasteiger partial charge in [-0.15, -0.1) is 11.6 Å². The van der Waals surface area contributed by atoms with Crippen LogP contribution in [0, 0.1) is 5.92 Å². The number of halogens is 1. The van der Waals surface area contributed by atoms with E-state index in [1.54, 1.807) is 0 Å². The molecule has 0 aromatic heterocycles. The molecule has 1 aliphatic rings. The molecule has 2 nitrogen and oxygen atoms in total. The van der Waals surface area contributed by atoms with Gasteiger partial charge in [-0.25, -0.2) is 0 Å². The van der Waals surface area contributed by atoms with E-state index in [4.69, 9.17) is 11.6 Å².